The summed E-state index contributed by atoms with van der Waals surface area (Å²) in [5, 5.41) is 1.77. The van der Waals surface area contributed by atoms with Crippen LogP contribution in [0, 0.1) is 5.92 Å². The molecule has 1 aromatic rings. The van der Waals surface area contributed by atoms with Crippen molar-refractivity contribution < 1.29 is 14.4 Å². The van der Waals surface area contributed by atoms with E-state index >= 15 is 0 Å². The summed E-state index contributed by atoms with van der Waals surface area (Å²) in [5.41, 5.74) is 0.563. The van der Waals surface area contributed by atoms with Crippen LogP contribution in [0.5, 0.6) is 0 Å². The zero-order valence-electron chi connectivity index (χ0n) is 9.48. The van der Waals surface area contributed by atoms with Gasteiger partial charge in [0, 0.05) is 10.2 Å². The summed E-state index contributed by atoms with van der Waals surface area (Å²) in [6.45, 7) is 1.64. The second-order valence-corrected chi connectivity index (χ2v) is 6.17. The van der Waals surface area contributed by atoms with Crippen LogP contribution >= 0.6 is 27.7 Å². The molecule has 1 aliphatic heterocycles. The van der Waals surface area contributed by atoms with E-state index in [9.17, 15) is 14.4 Å². The highest BCUT2D eigenvalue weighted by atomic mass is 79.9. The summed E-state index contributed by atoms with van der Waals surface area (Å²) in [5.74, 6) is -2.04. The molecule has 18 heavy (non-hydrogen) atoms. The van der Waals surface area contributed by atoms with Crippen molar-refractivity contribution in [1.82, 2.24) is 0 Å². The molecule has 1 aromatic carbocycles. The third-order valence-electron chi connectivity index (χ3n) is 2.59. The van der Waals surface area contributed by atoms with Gasteiger partial charge >= 0.3 is 0 Å². The van der Waals surface area contributed by atoms with E-state index in [1.165, 1.54) is 0 Å². The van der Waals surface area contributed by atoms with Crippen LogP contribution in [0.4, 0.5) is 5.69 Å². The zero-order chi connectivity index (χ0) is 13.3. The monoisotopic (exact) mass is 327 g/mol. The molecule has 2 unspecified atom stereocenters. The second kappa shape index (κ2) is 5.24. The number of rotatable bonds is 2. The highest BCUT2D eigenvalue weighted by Gasteiger charge is 2.44. The molecule has 0 spiro atoms. The average molecular weight is 328 g/mol. The molecule has 2 atom stereocenters. The number of hydrogen-bond acceptors (Lipinski definition) is 4. The molecule has 1 aliphatic rings. The number of carbonyl (C=O) groups excluding carboxylic acids is 3. The van der Waals surface area contributed by atoms with Crippen LogP contribution in [-0.4, -0.2) is 22.1 Å². The molecule has 1 saturated heterocycles. The van der Waals surface area contributed by atoms with Gasteiger partial charge in [-0.05, 0) is 31.2 Å². The maximum Gasteiger partial charge on any atom is 0.243 e. The van der Waals surface area contributed by atoms with Crippen molar-refractivity contribution in [2.45, 2.75) is 12.2 Å². The maximum atomic E-state index is 11.9. The van der Waals surface area contributed by atoms with E-state index in [1.54, 1.807) is 31.2 Å². The fourth-order valence-corrected chi connectivity index (χ4v) is 2.86. The van der Waals surface area contributed by atoms with Gasteiger partial charge in [-0.2, -0.15) is 0 Å². The Labute approximate surface area is 117 Å². The first-order valence-corrected chi connectivity index (χ1v) is 6.97. The quantitative estimate of drug-likeness (QED) is 0.846. The van der Waals surface area contributed by atoms with Gasteiger partial charge in [0.2, 0.25) is 11.0 Å². The van der Waals surface area contributed by atoms with Gasteiger partial charge in [0.1, 0.15) is 0 Å². The average Bonchev–Trinajstić information content (AvgIpc) is 2.56. The van der Waals surface area contributed by atoms with Crippen LogP contribution in [0.3, 0.4) is 0 Å². The molecule has 0 aromatic heterocycles. The summed E-state index contributed by atoms with van der Waals surface area (Å²) in [6.07, 6.45) is 0. The maximum absolute atomic E-state index is 11.9. The summed E-state index contributed by atoms with van der Waals surface area (Å²) in [4.78, 5) is 35.1. The number of amides is 1. The van der Waals surface area contributed by atoms with Crippen LogP contribution < -0.4 is 5.32 Å². The minimum absolute atomic E-state index is 0.320. The van der Waals surface area contributed by atoms with Crippen molar-refractivity contribution in [2.24, 2.45) is 5.92 Å². The Hall–Kier alpha value is -1.14. The second-order valence-electron chi connectivity index (χ2n) is 3.91. The number of hydrogen-bond donors (Lipinski definition) is 1. The third kappa shape index (κ3) is 2.64. The number of ketones is 1. The molecule has 4 nitrogen and oxygen atoms in total. The van der Waals surface area contributed by atoms with Crippen LogP contribution in [0.2, 0.25) is 0 Å². The van der Waals surface area contributed by atoms with Crippen LogP contribution in [-0.2, 0) is 14.4 Å². The Bertz CT molecular complexity index is 515. The lowest BCUT2D eigenvalue weighted by Gasteiger charge is -2.08. The molecule has 1 amide bonds. The fourth-order valence-electron chi connectivity index (χ4n) is 1.64. The van der Waals surface area contributed by atoms with E-state index in [0.717, 1.165) is 16.2 Å². The van der Waals surface area contributed by atoms with Crippen molar-refractivity contribution in [3.8, 4) is 0 Å². The third-order valence-corrected chi connectivity index (χ3v) is 4.17. The molecule has 0 aliphatic carbocycles. The van der Waals surface area contributed by atoms with Gasteiger partial charge < -0.3 is 5.32 Å². The molecule has 1 fully saturated rings. The van der Waals surface area contributed by atoms with Gasteiger partial charge in [0.15, 0.2) is 11.7 Å². The molecule has 1 N–H and O–H groups in total. The summed E-state index contributed by atoms with van der Waals surface area (Å²) >= 11 is 4.20. The minimum atomic E-state index is -1.17. The minimum Gasteiger partial charge on any atom is -0.325 e. The molecule has 1 heterocycles. The van der Waals surface area contributed by atoms with Gasteiger partial charge in [0.25, 0.3) is 0 Å². The van der Waals surface area contributed by atoms with Gasteiger partial charge in [-0.25, -0.2) is 0 Å². The molecule has 2 rings (SSSR count). The fraction of sp³-hybridized carbons (Fsp3) is 0.250. The molecular weight excluding hydrogens is 318 g/mol. The first-order chi connectivity index (χ1) is 8.49. The van der Waals surface area contributed by atoms with Crippen LogP contribution in [0.15, 0.2) is 28.7 Å². The molecule has 0 saturated carbocycles. The Morgan fingerprint density at radius 1 is 1.28 bits per heavy atom. The highest BCUT2D eigenvalue weighted by molar-refractivity contribution is 9.10. The van der Waals surface area contributed by atoms with Crippen molar-refractivity contribution in [3.63, 3.8) is 0 Å². The first kappa shape index (κ1) is 13.3. The van der Waals surface area contributed by atoms with Crippen molar-refractivity contribution >= 4 is 50.2 Å². The summed E-state index contributed by atoms with van der Waals surface area (Å²) < 4.78 is 0.887. The Balaban J connectivity index is 2.11. The molecule has 94 valence electrons. The number of thioether (sulfide) groups is 1. The standard InChI is InChI=1S/C12H10BrNO3S/c1-6-10(15)9(12(17)18-6)11(16)14-8-4-2-7(13)3-5-8/h2-6,9H,1H3,(H,14,16). The van der Waals surface area contributed by atoms with Gasteiger partial charge in [0.05, 0.1) is 5.25 Å². The Kier molecular flexibility index (Phi) is 3.87. The normalized spacial score (nSPS) is 23.2. The number of carbonyl (C=O) groups is 3. The van der Waals surface area contributed by atoms with Crippen molar-refractivity contribution in [3.05, 3.63) is 28.7 Å². The number of nitrogens with one attached hydrogen (secondary N) is 1. The molecular formula is C12H10BrNO3S. The zero-order valence-corrected chi connectivity index (χ0v) is 11.9. The van der Waals surface area contributed by atoms with Crippen molar-refractivity contribution in [1.29, 1.82) is 0 Å². The summed E-state index contributed by atoms with van der Waals surface area (Å²) in [7, 11) is 0. The largest absolute Gasteiger partial charge is 0.325 e. The molecule has 0 bridgehead atoms. The number of anilines is 1. The van der Waals surface area contributed by atoms with Gasteiger partial charge in [-0.3, -0.25) is 14.4 Å². The van der Waals surface area contributed by atoms with E-state index in [1.807, 2.05) is 0 Å². The van der Waals surface area contributed by atoms with Crippen LogP contribution in [0.25, 0.3) is 0 Å². The molecule has 0 radical (unpaired) electrons. The van der Waals surface area contributed by atoms with E-state index in [-0.39, 0.29) is 10.9 Å². The van der Waals surface area contributed by atoms with E-state index < -0.39 is 17.1 Å². The van der Waals surface area contributed by atoms with E-state index in [2.05, 4.69) is 21.2 Å². The van der Waals surface area contributed by atoms with E-state index in [0.29, 0.717) is 5.69 Å². The first-order valence-electron chi connectivity index (χ1n) is 5.29. The van der Waals surface area contributed by atoms with Crippen molar-refractivity contribution in [2.75, 3.05) is 5.32 Å². The van der Waals surface area contributed by atoms with Crippen LogP contribution in [0.1, 0.15) is 6.92 Å². The lowest BCUT2D eigenvalue weighted by Crippen LogP contribution is -2.32. The smallest absolute Gasteiger partial charge is 0.243 e. The Morgan fingerprint density at radius 2 is 1.89 bits per heavy atom. The number of Topliss-reactive ketones (excluding diaryl/α,β-unsaturated/α-hetero) is 1. The number of benzene rings is 1. The molecule has 6 heteroatoms. The lowest BCUT2D eigenvalue weighted by atomic mass is 10.0. The SMILES string of the molecule is CC1SC(=O)C(C(=O)Nc2ccc(Br)cc2)C1=O. The van der Waals surface area contributed by atoms with Gasteiger partial charge in [-0.15, -0.1) is 0 Å². The number of halogens is 1. The predicted molar refractivity (Wildman–Crippen MR) is 73.3 cm³/mol. The highest BCUT2D eigenvalue weighted by Crippen LogP contribution is 2.30. The van der Waals surface area contributed by atoms with Gasteiger partial charge in [-0.1, -0.05) is 27.7 Å². The predicted octanol–water partition coefficient (Wildman–Crippen LogP) is 2.23. The summed E-state index contributed by atoms with van der Waals surface area (Å²) in [6, 6.07) is 6.93. The van der Waals surface area contributed by atoms with E-state index in [4.69, 9.17) is 0 Å². The Morgan fingerprint density at radius 3 is 2.39 bits per heavy atom. The lowest BCUT2D eigenvalue weighted by molar-refractivity contribution is -0.134. The topological polar surface area (TPSA) is 63.2 Å².